The first-order valence-electron chi connectivity index (χ1n) is 8.07. The Morgan fingerprint density at radius 1 is 0.905 bits per heavy atom. The molecule has 0 bridgehead atoms. The molecule has 1 heteroatoms. The van der Waals surface area contributed by atoms with Crippen molar-refractivity contribution in [3.8, 4) is 11.1 Å². The number of hydrogen-bond acceptors (Lipinski definition) is 1. The summed E-state index contributed by atoms with van der Waals surface area (Å²) < 4.78 is 0. The quantitative estimate of drug-likeness (QED) is 0.685. The van der Waals surface area contributed by atoms with Crippen LogP contribution in [0.5, 0.6) is 0 Å². The minimum Gasteiger partial charge on any atom is -0.359 e. The zero-order valence-corrected chi connectivity index (χ0v) is 13.6. The number of fused-ring (bicyclic) bond motifs is 3. The second-order valence-electron chi connectivity index (χ2n) is 6.56. The van der Waals surface area contributed by atoms with Gasteiger partial charge in [0.25, 0.3) is 0 Å². The van der Waals surface area contributed by atoms with Gasteiger partial charge in [0.1, 0.15) is 0 Å². The van der Waals surface area contributed by atoms with Crippen LogP contribution in [0, 0.1) is 0 Å². The van der Waals surface area contributed by atoms with Gasteiger partial charge < -0.3 is 4.90 Å². The molecule has 21 heavy (non-hydrogen) atoms. The number of anilines is 1. The molecule has 0 aliphatic carbocycles. The number of nitrogens with zero attached hydrogens (tertiary/aromatic N) is 1. The average molecular weight is 279 g/mol. The van der Waals surface area contributed by atoms with E-state index in [9.17, 15) is 0 Å². The molecule has 0 saturated heterocycles. The van der Waals surface area contributed by atoms with E-state index in [1.807, 2.05) is 0 Å². The number of rotatable bonds is 3. The van der Waals surface area contributed by atoms with Crippen molar-refractivity contribution < 1.29 is 0 Å². The van der Waals surface area contributed by atoms with Gasteiger partial charge in [-0.3, -0.25) is 0 Å². The van der Waals surface area contributed by atoms with Crippen LogP contribution < -0.4 is 4.90 Å². The van der Waals surface area contributed by atoms with E-state index in [-0.39, 0.29) is 5.54 Å². The Hall–Kier alpha value is -1.76. The summed E-state index contributed by atoms with van der Waals surface area (Å²) in [5.41, 5.74) is 5.79. The highest BCUT2D eigenvalue weighted by Gasteiger charge is 2.37. The topological polar surface area (TPSA) is 3.24 Å². The van der Waals surface area contributed by atoms with Gasteiger partial charge in [0.05, 0.1) is 6.04 Å². The van der Waals surface area contributed by atoms with Crippen LogP contribution in [0.3, 0.4) is 0 Å². The number of hydrogen-bond donors (Lipinski definition) is 0. The summed E-state index contributed by atoms with van der Waals surface area (Å²) in [6.07, 6.45) is 2.27. The van der Waals surface area contributed by atoms with Gasteiger partial charge in [-0.1, -0.05) is 56.3 Å². The number of para-hydroxylation sites is 1. The molecule has 0 saturated carbocycles. The van der Waals surface area contributed by atoms with E-state index in [0.717, 1.165) is 12.8 Å². The van der Waals surface area contributed by atoms with E-state index in [0.29, 0.717) is 6.04 Å². The van der Waals surface area contributed by atoms with E-state index in [1.165, 1.54) is 22.4 Å². The lowest BCUT2D eigenvalue weighted by molar-refractivity contribution is 0.391. The highest BCUT2D eigenvalue weighted by Crippen LogP contribution is 2.49. The van der Waals surface area contributed by atoms with Crippen LogP contribution >= 0.6 is 0 Å². The molecule has 1 aliphatic heterocycles. The third-order valence-electron chi connectivity index (χ3n) is 4.99. The normalized spacial score (nSPS) is 17.3. The van der Waals surface area contributed by atoms with Gasteiger partial charge in [0, 0.05) is 16.8 Å². The van der Waals surface area contributed by atoms with Crippen molar-refractivity contribution in [1.82, 2.24) is 0 Å². The van der Waals surface area contributed by atoms with Crippen molar-refractivity contribution in [3.63, 3.8) is 0 Å². The Bertz CT molecular complexity index is 642. The number of benzene rings is 2. The second-order valence-corrected chi connectivity index (χ2v) is 6.56. The molecule has 110 valence electrons. The first-order valence-corrected chi connectivity index (χ1v) is 8.07. The van der Waals surface area contributed by atoms with Crippen LogP contribution in [0.1, 0.15) is 52.1 Å². The van der Waals surface area contributed by atoms with E-state index >= 15 is 0 Å². The Kier molecular flexibility index (Phi) is 3.52. The molecule has 0 fully saturated rings. The van der Waals surface area contributed by atoms with Crippen LogP contribution in [0.15, 0.2) is 48.5 Å². The van der Waals surface area contributed by atoms with Gasteiger partial charge in [0.2, 0.25) is 0 Å². The zero-order chi connectivity index (χ0) is 15.0. The molecule has 0 N–H and O–H groups in total. The van der Waals surface area contributed by atoms with E-state index in [1.54, 1.807) is 0 Å². The maximum atomic E-state index is 2.64. The minimum atomic E-state index is 0.157. The third-order valence-corrected chi connectivity index (χ3v) is 4.99. The predicted octanol–water partition coefficient (Wildman–Crippen LogP) is 5.81. The smallest absolute Gasteiger partial charge is 0.0551 e. The van der Waals surface area contributed by atoms with Crippen molar-refractivity contribution in [3.05, 3.63) is 54.1 Å². The molecule has 1 unspecified atom stereocenters. The van der Waals surface area contributed by atoms with E-state index in [4.69, 9.17) is 0 Å². The molecular formula is C20H25N. The first-order chi connectivity index (χ1) is 10.1. The van der Waals surface area contributed by atoms with Crippen molar-refractivity contribution >= 4 is 5.69 Å². The summed E-state index contributed by atoms with van der Waals surface area (Å²) in [4.78, 5) is 2.64. The molecule has 3 rings (SSSR count). The predicted molar refractivity (Wildman–Crippen MR) is 91.8 cm³/mol. The molecule has 1 heterocycles. The van der Waals surface area contributed by atoms with Gasteiger partial charge in [0.15, 0.2) is 0 Å². The van der Waals surface area contributed by atoms with E-state index in [2.05, 4.69) is 81.1 Å². The fourth-order valence-corrected chi connectivity index (χ4v) is 3.57. The molecule has 2 aromatic rings. The fraction of sp³-hybridized carbons (Fsp3) is 0.400. The molecule has 1 atom stereocenters. The molecule has 2 aromatic carbocycles. The van der Waals surface area contributed by atoms with Crippen molar-refractivity contribution in [2.75, 3.05) is 4.90 Å². The van der Waals surface area contributed by atoms with Crippen LogP contribution in [0.25, 0.3) is 11.1 Å². The fourth-order valence-electron chi connectivity index (χ4n) is 3.57. The molecule has 0 aromatic heterocycles. The summed E-state index contributed by atoms with van der Waals surface area (Å²) in [6.45, 7) is 9.31. The van der Waals surface area contributed by atoms with Gasteiger partial charge in [-0.25, -0.2) is 0 Å². The standard InChI is InChI=1S/C20H25N/c1-5-18-16-12-8-7-11-15(16)17-13-9-10-14-19(17)21(18)20(3,4)6-2/h7-14,18H,5-6H2,1-4H3. The summed E-state index contributed by atoms with van der Waals surface area (Å²) in [6, 6.07) is 18.2. The van der Waals surface area contributed by atoms with Crippen LogP contribution in [0.4, 0.5) is 5.69 Å². The lowest BCUT2D eigenvalue weighted by atomic mass is 9.83. The molecular weight excluding hydrogens is 254 g/mol. The van der Waals surface area contributed by atoms with Crippen LogP contribution in [-0.2, 0) is 0 Å². The van der Waals surface area contributed by atoms with Gasteiger partial charge >= 0.3 is 0 Å². The lowest BCUT2D eigenvalue weighted by Gasteiger charge is -2.49. The van der Waals surface area contributed by atoms with Crippen molar-refractivity contribution in [2.24, 2.45) is 0 Å². The van der Waals surface area contributed by atoms with Crippen LogP contribution in [0.2, 0.25) is 0 Å². The summed E-state index contributed by atoms with van der Waals surface area (Å²) in [5.74, 6) is 0. The van der Waals surface area contributed by atoms with Crippen LogP contribution in [-0.4, -0.2) is 5.54 Å². The monoisotopic (exact) mass is 279 g/mol. The average Bonchev–Trinajstić information content (AvgIpc) is 2.53. The molecule has 1 aliphatic rings. The SMILES string of the molecule is CCC1c2ccccc2-c2ccccc2N1C(C)(C)CC. The zero-order valence-electron chi connectivity index (χ0n) is 13.6. The van der Waals surface area contributed by atoms with Gasteiger partial charge in [-0.15, -0.1) is 0 Å². The Morgan fingerprint density at radius 2 is 1.52 bits per heavy atom. The summed E-state index contributed by atoms with van der Waals surface area (Å²) >= 11 is 0. The first kappa shape index (κ1) is 14.2. The van der Waals surface area contributed by atoms with Gasteiger partial charge in [-0.05, 0) is 43.9 Å². The van der Waals surface area contributed by atoms with Gasteiger partial charge in [-0.2, -0.15) is 0 Å². The highest BCUT2D eigenvalue weighted by molar-refractivity contribution is 5.85. The molecule has 0 amide bonds. The maximum Gasteiger partial charge on any atom is 0.0551 e. The summed E-state index contributed by atoms with van der Waals surface area (Å²) in [7, 11) is 0. The Labute approximate surface area is 128 Å². The van der Waals surface area contributed by atoms with Crippen molar-refractivity contribution in [1.29, 1.82) is 0 Å². The minimum absolute atomic E-state index is 0.157. The Balaban J connectivity index is 2.28. The van der Waals surface area contributed by atoms with E-state index < -0.39 is 0 Å². The molecule has 0 radical (unpaired) electrons. The Morgan fingerprint density at radius 3 is 2.19 bits per heavy atom. The largest absolute Gasteiger partial charge is 0.359 e. The second kappa shape index (κ2) is 5.22. The van der Waals surface area contributed by atoms with Crippen molar-refractivity contribution in [2.45, 2.75) is 52.1 Å². The molecule has 1 nitrogen and oxygen atoms in total. The summed E-state index contributed by atoms with van der Waals surface area (Å²) in [5, 5.41) is 0. The lowest BCUT2D eigenvalue weighted by Crippen LogP contribution is -2.47. The molecule has 0 spiro atoms. The highest BCUT2D eigenvalue weighted by atomic mass is 15.2. The maximum absolute atomic E-state index is 2.64. The third kappa shape index (κ3) is 2.16.